The molecule has 1 atom stereocenters. The third-order valence-corrected chi connectivity index (χ3v) is 2.27. The average molecular weight is 264 g/mol. The van der Waals surface area contributed by atoms with Crippen LogP contribution in [-0.4, -0.2) is 4.98 Å². The molecule has 72 valence electrons. The molecule has 13 heavy (non-hydrogen) atoms. The van der Waals surface area contributed by atoms with E-state index in [0.29, 0.717) is 0 Å². The molecule has 1 aromatic heterocycles. The summed E-state index contributed by atoms with van der Waals surface area (Å²) in [5, 5.41) is 0. The lowest BCUT2D eigenvalue weighted by atomic mass is 10.1. The highest BCUT2D eigenvalue weighted by Crippen LogP contribution is 2.21. The van der Waals surface area contributed by atoms with Crippen LogP contribution in [0.3, 0.4) is 0 Å². The van der Waals surface area contributed by atoms with E-state index in [9.17, 15) is 0 Å². The number of nitrogens with zero attached hydrogens (tertiary/aromatic N) is 1. The van der Waals surface area contributed by atoms with Crippen LogP contribution < -0.4 is 5.73 Å². The first-order valence-electron chi connectivity index (χ1n) is 3.72. The van der Waals surface area contributed by atoms with E-state index >= 15 is 0 Å². The number of aromatic nitrogens is 1. The Morgan fingerprint density at radius 2 is 2.38 bits per heavy atom. The number of pyridine rings is 1. The zero-order valence-corrected chi connectivity index (χ0v) is 9.51. The summed E-state index contributed by atoms with van der Waals surface area (Å²) in [6.07, 6.45) is 4.31. The molecule has 0 fully saturated rings. The van der Waals surface area contributed by atoms with Gasteiger partial charge in [0, 0.05) is 17.8 Å². The Balaban J connectivity index is 0.00000144. The van der Waals surface area contributed by atoms with Gasteiger partial charge in [0.2, 0.25) is 0 Å². The summed E-state index contributed by atoms with van der Waals surface area (Å²) in [5.41, 5.74) is 6.89. The maximum Gasteiger partial charge on any atom is 0.110 e. The molecule has 0 spiro atoms. The van der Waals surface area contributed by atoms with Crippen molar-refractivity contribution in [3.8, 4) is 0 Å². The third kappa shape index (κ3) is 3.46. The van der Waals surface area contributed by atoms with Crippen LogP contribution in [0.25, 0.3) is 0 Å². The number of nitrogens with two attached hydrogens (primary N) is 1. The van der Waals surface area contributed by atoms with Gasteiger partial charge < -0.3 is 5.73 Å². The molecule has 1 rings (SSSR count). The van der Waals surface area contributed by atoms with Gasteiger partial charge in [0.05, 0.1) is 0 Å². The van der Waals surface area contributed by atoms with E-state index in [2.05, 4.69) is 27.5 Å². The quantitative estimate of drug-likeness (QED) is 0.673. The van der Waals surface area contributed by atoms with Crippen molar-refractivity contribution in [2.24, 2.45) is 5.73 Å². The normalized spacial score (nSPS) is 11.5. The molecule has 0 radical (unpaired) electrons. The minimum atomic E-state index is -0.00873. The molecular weight excluding hydrogens is 251 g/mol. The minimum Gasteiger partial charge on any atom is -0.324 e. The largest absolute Gasteiger partial charge is 0.324 e. The van der Waals surface area contributed by atoms with E-state index in [-0.39, 0.29) is 18.4 Å². The highest BCUT2D eigenvalue weighted by atomic mass is 79.9. The van der Waals surface area contributed by atoms with Crippen molar-refractivity contribution in [2.75, 3.05) is 0 Å². The van der Waals surface area contributed by atoms with Gasteiger partial charge in [0.1, 0.15) is 4.60 Å². The summed E-state index contributed by atoms with van der Waals surface area (Å²) >= 11 is 3.34. The van der Waals surface area contributed by atoms with Crippen molar-refractivity contribution in [3.05, 3.63) is 41.2 Å². The number of halogens is 2. The van der Waals surface area contributed by atoms with Crippen LogP contribution in [0.15, 0.2) is 35.6 Å². The summed E-state index contributed by atoms with van der Waals surface area (Å²) in [6.45, 7) is 3.64. The second-order valence-electron chi connectivity index (χ2n) is 2.51. The van der Waals surface area contributed by atoms with Crippen LogP contribution in [0.5, 0.6) is 0 Å². The Labute approximate surface area is 92.8 Å². The Bertz CT molecular complexity index is 278. The molecule has 0 saturated carbocycles. The molecule has 0 unspecified atom stereocenters. The molecule has 0 aromatic carbocycles. The lowest BCUT2D eigenvalue weighted by Gasteiger charge is -2.09. The molecule has 0 bridgehead atoms. The van der Waals surface area contributed by atoms with Crippen LogP contribution in [0.2, 0.25) is 0 Å². The Morgan fingerprint density at radius 1 is 1.69 bits per heavy atom. The predicted molar refractivity (Wildman–Crippen MR) is 60.9 cm³/mol. The Hall–Kier alpha value is -0.380. The first-order chi connectivity index (χ1) is 5.75. The van der Waals surface area contributed by atoms with Gasteiger partial charge in [-0.2, -0.15) is 0 Å². The molecular formula is C9H12BrClN2. The molecule has 0 aliphatic carbocycles. The van der Waals surface area contributed by atoms with Crippen molar-refractivity contribution in [1.82, 2.24) is 4.98 Å². The summed E-state index contributed by atoms with van der Waals surface area (Å²) in [7, 11) is 0. The summed E-state index contributed by atoms with van der Waals surface area (Å²) in [5.74, 6) is 0. The maximum atomic E-state index is 5.87. The lowest BCUT2D eigenvalue weighted by molar-refractivity contribution is 0.732. The fourth-order valence-corrected chi connectivity index (χ4v) is 1.53. The number of rotatable bonds is 3. The summed E-state index contributed by atoms with van der Waals surface area (Å²) in [4.78, 5) is 4.08. The van der Waals surface area contributed by atoms with Gasteiger partial charge in [0.25, 0.3) is 0 Å². The van der Waals surface area contributed by atoms with Gasteiger partial charge in [-0.1, -0.05) is 12.1 Å². The van der Waals surface area contributed by atoms with E-state index in [1.165, 1.54) is 0 Å². The highest BCUT2D eigenvalue weighted by molar-refractivity contribution is 9.10. The van der Waals surface area contributed by atoms with E-state index in [4.69, 9.17) is 5.73 Å². The Morgan fingerprint density at radius 3 is 2.92 bits per heavy atom. The summed E-state index contributed by atoms with van der Waals surface area (Å²) < 4.78 is 0.819. The van der Waals surface area contributed by atoms with Gasteiger partial charge in [0.15, 0.2) is 0 Å². The van der Waals surface area contributed by atoms with Crippen LogP contribution in [0, 0.1) is 0 Å². The van der Waals surface area contributed by atoms with E-state index in [1.807, 2.05) is 18.2 Å². The van der Waals surface area contributed by atoms with E-state index in [1.54, 1.807) is 6.20 Å². The molecule has 0 amide bonds. The van der Waals surface area contributed by atoms with Crippen molar-refractivity contribution in [1.29, 1.82) is 0 Å². The zero-order valence-electron chi connectivity index (χ0n) is 7.11. The second kappa shape index (κ2) is 6.13. The van der Waals surface area contributed by atoms with Crippen molar-refractivity contribution < 1.29 is 0 Å². The first-order valence-corrected chi connectivity index (χ1v) is 4.52. The first kappa shape index (κ1) is 12.6. The molecule has 1 heterocycles. The van der Waals surface area contributed by atoms with Gasteiger partial charge in [-0.15, -0.1) is 19.0 Å². The van der Waals surface area contributed by atoms with Crippen LogP contribution in [0.1, 0.15) is 18.0 Å². The van der Waals surface area contributed by atoms with Crippen LogP contribution in [0.4, 0.5) is 0 Å². The molecule has 0 saturated heterocycles. The molecule has 0 aliphatic rings. The van der Waals surface area contributed by atoms with Gasteiger partial charge in [-0.3, -0.25) is 0 Å². The predicted octanol–water partition coefficient (Wildman–Crippen LogP) is 2.84. The topological polar surface area (TPSA) is 38.9 Å². The van der Waals surface area contributed by atoms with Gasteiger partial charge in [-0.05, 0) is 28.4 Å². The fourth-order valence-electron chi connectivity index (χ4n) is 0.982. The average Bonchev–Trinajstić information content (AvgIpc) is 2.05. The van der Waals surface area contributed by atoms with Gasteiger partial charge in [-0.25, -0.2) is 4.98 Å². The SMILES string of the molecule is C=CC[C@@H](N)c1cccnc1Br.Cl. The maximum absolute atomic E-state index is 5.87. The Kier molecular flexibility index (Phi) is 5.95. The third-order valence-electron chi connectivity index (χ3n) is 1.61. The van der Waals surface area contributed by atoms with E-state index in [0.717, 1.165) is 16.6 Å². The van der Waals surface area contributed by atoms with Crippen LogP contribution in [-0.2, 0) is 0 Å². The molecule has 2 nitrogen and oxygen atoms in total. The monoisotopic (exact) mass is 262 g/mol. The fraction of sp³-hybridized carbons (Fsp3) is 0.222. The number of hydrogen-bond donors (Lipinski definition) is 1. The minimum absolute atomic E-state index is 0. The second-order valence-corrected chi connectivity index (χ2v) is 3.27. The van der Waals surface area contributed by atoms with Crippen molar-refractivity contribution in [3.63, 3.8) is 0 Å². The molecule has 0 aliphatic heterocycles. The zero-order chi connectivity index (χ0) is 8.97. The smallest absolute Gasteiger partial charge is 0.110 e. The molecule has 1 aromatic rings. The number of hydrogen-bond acceptors (Lipinski definition) is 2. The van der Waals surface area contributed by atoms with Gasteiger partial charge >= 0.3 is 0 Å². The summed E-state index contributed by atoms with van der Waals surface area (Å²) in [6, 6.07) is 3.83. The van der Waals surface area contributed by atoms with Crippen LogP contribution >= 0.6 is 28.3 Å². The standard InChI is InChI=1S/C9H11BrN2.ClH/c1-2-4-8(11)7-5-3-6-12-9(7)10;/h2-3,5-6,8H,1,4,11H2;1H/t8-;/m1./s1. The molecule has 2 N–H and O–H groups in total. The van der Waals surface area contributed by atoms with Crippen molar-refractivity contribution in [2.45, 2.75) is 12.5 Å². The van der Waals surface area contributed by atoms with E-state index < -0.39 is 0 Å². The lowest BCUT2D eigenvalue weighted by Crippen LogP contribution is -2.09. The molecule has 4 heteroatoms. The highest BCUT2D eigenvalue weighted by Gasteiger charge is 2.07. The van der Waals surface area contributed by atoms with Crippen molar-refractivity contribution >= 4 is 28.3 Å².